The zero-order chi connectivity index (χ0) is 70.9. The minimum Gasteiger partial charge on any atom is -0.550 e. The molecule has 512 valence electrons. The maximum absolute atomic E-state index is 11.5. The second-order valence-corrected chi connectivity index (χ2v) is 28.6. The van der Waals surface area contributed by atoms with Crippen LogP contribution in [-0.4, -0.2) is 80.8 Å². The number of carboxylic acids is 4. The number of nitrogens with zero attached hydrogens (tertiary/aromatic N) is 4. The molecule has 4 aliphatic rings. The SMILES string of the molecule is CC1(C)C(/C=C/C=C/C=C/C=C2/N(CCC(=O)O)c3ccc4ccccc4c3C2(C)C)=[N+](CCC(=O)[O-])c2ccc3ccccc3c21.CC1(C)C(/C=C/C=C/C=C/C=C2/N(CCCCCC(=O)O)c3ccc4ccccc4c3C2(C)C)=[N+](CCCCCC(=O)[O-])c2ccc3ccccc3c21. The molecule has 0 spiro atoms. The molecule has 12 nitrogen and oxygen atoms in total. The smallest absolute Gasteiger partial charge is 0.305 e. The Bertz CT molecular complexity index is 4830. The van der Waals surface area contributed by atoms with Crippen molar-refractivity contribution < 1.29 is 48.8 Å². The first-order chi connectivity index (χ1) is 48.0. The molecule has 0 radical (unpaired) electrons. The van der Waals surface area contributed by atoms with E-state index in [9.17, 15) is 34.5 Å². The summed E-state index contributed by atoms with van der Waals surface area (Å²) in [4.78, 5) is 49.6. The van der Waals surface area contributed by atoms with Crippen molar-refractivity contribution in [3.63, 3.8) is 0 Å². The molecule has 0 saturated carbocycles. The first kappa shape index (κ1) is 70.8. The van der Waals surface area contributed by atoms with Crippen LogP contribution < -0.4 is 20.0 Å². The van der Waals surface area contributed by atoms with Crippen LogP contribution in [0.4, 0.5) is 22.7 Å². The molecule has 0 bridgehead atoms. The van der Waals surface area contributed by atoms with Crippen LogP contribution >= 0.6 is 0 Å². The number of benzene rings is 8. The summed E-state index contributed by atoms with van der Waals surface area (Å²) < 4.78 is 4.53. The van der Waals surface area contributed by atoms with E-state index in [1.807, 2.05) is 48.6 Å². The summed E-state index contributed by atoms with van der Waals surface area (Å²) >= 11 is 0. The average molecular weight is 1330 g/mol. The van der Waals surface area contributed by atoms with E-state index in [1.165, 1.54) is 82.7 Å². The molecule has 0 aliphatic carbocycles. The third-order valence-electron chi connectivity index (χ3n) is 20.5. The second kappa shape index (κ2) is 30.3. The molecule has 12 heteroatoms. The first-order valence-electron chi connectivity index (χ1n) is 35.2. The zero-order valence-corrected chi connectivity index (χ0v) is 59.0. The van der Waals surface area contributed by atoms with Crippen molar-refractivity contribution in [2.75, 3.05) is 36.0 Å². The van der Waals surface area contributed by atoms with Gasteiger partial charge in [0.2, 0.25) is 11.4 Å². The number of unbranched alkanes of at least 4 members (excludes halogenated alkanes) is 4. The summed E-state index contributed by atoms with van der Waals surface area (Å²) in [5, 5.41) is 50.7. The van der Waals surface area contributed by atoms with Gasteiger partial charge in [-0.25, -0.2) is 0 Å². The highest BCUT2D eigenvalue weighted by atomic mass is 16.4. The van der Waals surface area contributed by atoms with Crippen molar-refractivity contribution in [3.8, 4) is 0 Å². The Balaban J connectivity index is 0.000000203. The van der Waals surface area contributed by atoms with Crippen LogP contribution in [0.5, 0.6) is 0 Å². The molecule has 4 aliphatic heterocycles. The van der Waals surface area contributed by atoms with Crippen LogP contribution in [0.2, 0.25) is 0 Å². The number of hydrogen-bond donors (Lipinski definition) is 2. The maximum Gasteiger partial charge on any atom is 0.305 e. The van der Waals surface area contributed by atoms with E-state index >= 15 is 0 Å². The Morgan fingerprint density at radius 3 is 1.18 bits per heavy atom. The van der Waals surface area contributed by atoms with E-state index in [2.05, 4.69) is 256 Å². The molecular formula is C88H92N4O8. The Morgan fingerprint density at radius 2 is 0.740 bits per heavy atom. The molecule has 0 saturated heterocycles. The standard InChI is InChI=1S/C47H52N2O4.C41H40N2O4/c1-46(2)40(48(32-18-8-12-26-42(50)51)38-30-28-34-20-14-16-22-36(34)44(38)46)24-10-6-5-7-11-25-41-47(3,4)45-37-23-17-15-21-35(37)29-31-39(45)49(41)33-19-9-13-27-43(52)53;1-40(2)34(42(26-24-36(44)45)32-22-20-28-14-10-12-16-30(28)38(32)40)18-8-6-5-7-9-19-35-41(3,4)39-31-17-13-11-15-29(31)21-23-33(39)43(35)27-25-37(46)47/h5-7,10-11,14-17,20-25,28-31H,8-9,12-13,18-19,26-27,32-33H2,1-4H3,(H-,50,51,52,53);5-23H,24-27H2,1-4H3,(H-,44,45,46,47). The lowest BCUT2D eigenvalue weighted by molar-refractivity contribution is -0.439. The molecule has 12 rings (SSSR count). The number of fused-ring (bicyclic) bond motifs is 12. The summed E-state index contributed by atoms with van der Waals surface area (Å²) in [5.74, 6) is -3.60. The van der Waals surface area contributed by atoms with Gasteiger partial charge in [-0.2, -0.15) is 9.15 Å². The fourth-order valence-corrected chi connectivity index (χ4v) is 15.9. The van der Waals surface area contributed by atoms with E-state index in [1.54, 1.807) is 0 Å². The van der Waals surface area contributed by atoms with Crippen LogP contribution in [0.25, 0.3) is 43.1 Å². The number of anilines is 2. The highest BCUT2D eigenvalue weighted by molar-refractivity contribution is 6.09. The number of carboxylic acid groups (broad SMARTS) is 4. The molecule has 0 aromatic heterocycles. The van der Waals surface area contributed by atoms with Crippen LogP contribution in [0.15, 0.2) is 242 Å². The van der Waals surface area contributed by atoms with Crippen LogP contribution in [0.1, 0.15) is 142 Å². The molecule has 0 amide bonds. The molecule has 100 heavy (non-hydrogen) atoms. The Kier molecular flexibility index (Phi) is 21.5. The molecule has 8 aromatic rings. The topological polar surface area (TPSA) is 167 Å². The van der Waals surface area contributed by atoms with Gasteiger partial charge in [-0.1, -0.05) is 204 Å². The first-order valence-corrected chi connectivity index (χ1v) is 35.2. The van der Waals surface area contributed by atoms with Crippen molar-refractivity contribution in [3.05, 3.63) is 264 Å². The number of rotatable bonds is 26. The second-order valence-electron chi connectivity index (χ2n) is 28.6. The lowest BCUT2D eigenvalue weighted by Gasteiger charge is -2.27. The summed E-state index contributed by atoms with van der Waals surface area (Å²) in [7, 11) is 0. The van der Waals surface area contributed by atoms with E-state index < -0.39 is 23.9 Å². The van der Waals surface area contributed by atoms with Gasteiger partial charge in [0.15, 0.2) is 18.0 Å². The Hall–Kier alpha value is -10.5. The van der Waals surface area contributed by atoms with Gasteiger partial charge in [0.1, 0.15) is 6.54 Å². The molecule has 0 fully saturated rings. The van der Waals surface area contributed by atoms with Crippen LogP contribution in [0, 0.1) is 0 Å². The molecule has 0 atom stereocenters. The summed E-state index contributed by atoms with van der Waals surface area (Å²) in [6.45, 7) is 20.4. The zero-order valence-electron chi connectivity index (χ0n) is 59.0. The number of allylic oxidation sites excluding steroid dienone is 16. The Labute approximate surface area is 588 Å². The lowest BCUT2D eigenvalue weighted by atomic mass is 9.79. The number of aliphatic carboxylic acids is 4. The van der Waals surface area contributed by atoms with Gasteiger partial charge in [0.25, 0.3) is 0 Å². The van der Waals surface area contributed by atoms with Gasteiger partial charge in [-0.3, -0.25) is 9.59 Å². The predicted molar refractivity (Wildman–Crippen MR) is 405 cm³/mol. The van der Waals surface area contributed by atoms with Crippen LogP contribution in [-0.2, 0) is 40.8 Å². The van der Waals surface area contributed by atoms with Crippen molar-refractivity contribution >= 4 is 101 Å². The normalized spacial score (nSPS) is 17.3. The minimum absolute atomic E-state index is 0.0446. The van der Waals surface area contributed by atoms with Crippen molar-refractivity contribution in [2.45, 2.75) is 141 Å². The van der Waals surface area contributed by atoms with E-state index in [4.69, 9.17) is 5.11 Å². The lowest BCUT2D eigenvalue weighted by Crippen LogP contribution is -2.30. The third kappa shape index (κ3) is 14.7. The van der Waals surface area contributed by atoms with Crippen molar-refractivity contribution in [1.29, 1.82) is 0 Å². The van der Waals surface area contributed by atoms with Gasteiger partial charge >= 0.3 is 11.9 Å². The van der Waals surface area contributed by atoms with Gasteiger partial charge in [-0.05, 0) is 150 Å². The van der Waals surface area contributed by atoms with Crippen LogP contribution in [0.3, 0.4) is 0 Å². The van der Waals surface area contributed by atoms with Gasteiger partial charge in [-0.15, -0.1) is 0 Å². The number of carbonyl (C=O) groups excluding carboxylic acids is 2. The number of hydrogen-bond acceptors (Lipinski definition) is 8. The fourth-order valence-electron chi connectivity index (χ4n) is 15.9. The quantitative estimate of drug-likeness (QED) is 0.0302. The Morgan fingerprint density at radius 1 is 0.370 bits per heavy atom. The molecule has 0 unspecified atom stereocenters. The summed E-state index contributed by atoms with van der Waals surface area (Å²) in [6, 6.07) is 51.1. The summed E-state index contributed by atoms with van der Waals surface area (Å²) in [6.07, 6.45) is 34.2. The average Bonchev–Trinajstić information content (AvgIpc) is 1.60. The monoisotopic (exact) mass is 1330 g/mol. The summed E-state index contributed by atoms with van der Waals surface area (Å²) in [5.41, 5.74) is 13.1. The van der Waals surface area contributed by atoms with Crippen molar-refractivity contribution in [1.82, 2.24) is 0 Å². The largest absolute Gasteiger partial charge is 0.550 e. The van der Waals surface area contributed by atoms with Gasteiger partial charge in [0, 0.05) is 113 Å². The van der Waals surface area contributed by atoms with Crippen molar-refractivity contribution in [2.24, 2.45) is 0 Å². The van der Waals surface area contributed by atoms with E-state index in [-0.39, 0.29) is 47.3 Å². The van der Waals surface area contributed by atoms with E-state index in [0.29, 0.717) is 25.9 Å². The maximum atomic E-state index is 11.5. The number of carbonyl (C=O) groups is 4. The highest BCUT2D eigenvalue weighted by Gasteiger charge is 2.48. The van der Waals surface area contributed by atoms with E-state index in [0.717, 1.165) is 66.9 Å². The molecule has 4 heterocycles. The highest BCUT2D eigenvalue weighted by Crippen LogP contribution is 2.53. The molecule has 2 N–H and O–H groups in total. The van der Waals surface area contributed by atoms with Gasteiger partial charge in [0.05, 0.1) is 17.3 Å². The minimum atomic E-state index is -1.07. The molecule has 8 aromatic carbocycles. The fraction of sp³-hybridized carbons (Fsp3) is 0.295. The van der Waals surface area contributed by atoms with Gasteiger partial charge < -0.3 is 39.8 Å². The predicted octanol–water partition coefficient (Wildman–Crippen LogP) is 17.0. The molecular weight excluding hydrogens is 1240 g/mol. The third-order valence-corrected chi connectivity index (χ3v) is 20.5.